The van der Waals surface area contributed by atoms with Crippen LogP contribution in [0.1, 0.15) is 65.2 Å². The van der Waals surface area contributed by atoms with Gasteiger partial charge in [0.2, 0.25) is 0 Å². The molecule has 2 saturated carbocycles. The van der Waals surface area contributed by atoms with E-state index in [0.717, 1.165) is 5.92 Å². The molecule has 0 saturated heterocycles. The van der Waals surface area contributed by atoms with Gasteiger partial charge in [-0.3, -0.25) is 0 Å². The van der Waals surface area contributed by atoms with Crippen LogP contribution in [0.2, 0.25) is 0 Å². The van der Waals surface area contributed by atoms with E-state index in [2.05, 4.69) is 20.4 Å². The number of rotatable bonds is 3. The van der Waals surface area contributed by atoms with E-state index in [1.165, 1.54) is 57.4 Å². The van der Waals surface area contributed by atoms with Gasteiger partial charge in [0.05, 0.1) is 0 Å². The van der Waals surface area contributed by atoms with Crippen molar-refractivity contribution in [3.05, 3.63) is 12.7 Å². The van der Waals surface area contributed by atoms with Crippen molar-refractivity contribution in [2.75, 3.05) is 0 Å². The molecule has 2 aliphatic rings. The van der Waals surface area contributed by atoms with Crippen LogP contribution in [0.15, 0.2) is 12.7 Å². The lowest BCUT2D eigenvalue weighted by molar-refractivity contribution is -0.182. The molecule has 0 unspecified atom stereocenters. The fourth-order valence-electron chi connectivity index (χ4n) is 4.38. The molecule has 102 valence electrons. The molecule has 0 aliphatic heterocycles. The molecule has 2 heteroatoms. The van der Waals surface area contributed by atoms with E-state index in [4.69, 9.17) is 4.74 Å². The lowest BCUT2D eigenvalue weighted by atomic mass is 9.53. The second kappa shape index (κ2) is 5.07. The van der Waals surface area contributed by atoms with Crippen LogP contribution in [0, 0.1) is 11.3 Å². The molecule has 2 fully saturated rings. The molecule has 0 aromatic carbocycles. The highest BCUT2D eigenvalue weighted by atomic mass is 16.6. The Morgan fingerprint density at radius 1 is 1.22 bits per heavy atom. The van der Waals surface area contributed by atoms with Crippen LogP contribution in [0.3, 0.4) is 0 Å². The van der Waals surface area contributed by atoms with E-state index in [0.29, 0.717) is 0 Å². The zero-order valence-electron chi connectivity index (χ0n) is 11.8. The van der Waals surface area contributed by atoms with Crippen molar-refractivity contribution in [2.45, 2.75) is 70.8 Å². The topological polar surface area (TPSA) is 26.3 Å². The van der Waals surface area contributed by atoms with Crippen molar-refractivity contribution < 1.29 is 9.53 Å². The number of fused-ring (bicyclic) bond motifs is 1. The zero-order chi connectivity index (χ0) is 13.2. The average molecular weight is 250 g/mol. The third-order valence-corrected chi connectivity index (χ3v) is 5.35. The molecular weight excluding hydrogens is 224 g/mol. The standard InChI is InChI=1S/C16H26O2/c1-4-14(17)18-15(2,3)16-11-7-5-9-13(16)10-6-8-12-16/h4,13H,1,5-12H2,2-3H3/t13-,16-. The summed E-state index contributed by atoms with van der Waals surface area (Å²) in [5.41, 5.74) is -0.147. The molecule has 2 aliphatic carbocycles. The maximum absolute atomic E-state index is 11.6. The minimum absolute atomic E-state index is 0.210. The predicted molar refractivity (Wildman–Crippen MR) is 73.2 cm³/mol. The van der Waals surface area contributed by atoms with Gasteiger partial charge in [0.15, 0.2) is 0 Å². The second-order valence-electron chi connectivity index (χ2n) is 6.48. The third-order valence-electron chi connectivity index (χ3n) is 5.35. The Morgan fingerprint density at radius 3 is 2.28 bits per heavy atom. The van der Waals surface area contributed by atoms with Crippen LogP contribution in [0.5, 0.6) is 0 Å². The van der Waals surface area contributed by atoms with E-state index < -0.39 is 0 Å². The molecule has 0 N–H and O–H groups in total. The maximum Gasteiger partial charge on any atom is 0.330 e. The maximum atomic E-state index is 11.6. The van der Waals surface area contributed by atoms with Gasteiger partial charge in [0.25, 0.3) is 0 Å². The van der Waals surface area contributed by atoms with Gasteiger partial charge in [0.1, 0.15) is 5.60 Å². The minimum Gasteiger partial charge on any atom is -0.456 e. The van der Waals surface area contributed by atoms with E-state index >= 15 is 0 Å². The largest absolute Gasteiger partial charge is 0.456 e. The Morgan fingerprint density at radius 2 is 1.78 bits per heavy atom. The van der Waals surface area contributed by atoms with Crippen LogP contribution in [-0.4, -0.2) is 11.6 Å². The molecule has 0 heterocycles. The Bertz CT molecular complexity index is 318. The highest BCUT2D eigenvalue weighted by Gasteiger charge is 2.53. The molecule has 0 amide bonds. The molecule has 0 spiro atoms. The minimum atomic E-state index is -0.357. The summed E-state index contributed by atoms with van der Waals surface area (Å²) in [6.07, 6.45) is 11.6. The first-order valence-electron chi connectivity index (χ1n) is 7.37. The number of hydrogen-bond donors (Lipinski definition) is 0. The van der Waals surface area contributed by atoms with Crippen LogP contribution >= 0.6 is 0 Å². The lowest BCUT2D eigenvalue weighted by Crippen LogP contribution is -2.54. The van der Waals surface area contributed by atoms with Gasteiger partial charge in [-0.05, 0) is 45.4 Å². The number of carbonyl (C=O) groups is 1. The second-order valence-corrected chi connectivity index (χ2v) is 6.48. The summed E-state index contributed by atoms with van der Waals surface area (Å²) >= 11 is 0. The van der Waals surface area contributed by atoms with Gasteiger partial charge in [-0.15, -0.1) is 0 Å². The van der Waals surface area contributed by atoms with Gasteiger partial charge in [-0.25, -0.2) is 4.79 Å². The predicted octanol–water partition coefficient (Wildman–Crippen LogP) is 4.24. The first-order chi connectivity index (χ1) is 8.52. The molecule has 0 atom stereocenters. The molecule has 0 aromatic heterocycles. The van der Waals surface area contributed by atoms with Crippen molar-refractivity contribution >= 4 is 5.97 Å². The normalized spacial score (nSPS) is 32.4. The van der Waals surface area contributed by atoms with Gasteiger partial charge >= 0.3 is 5.97 Å². The molecular formula is C16H26O2. The van der Waals surface area contributed by atoms with E-state index in [1.54, 1.807) is 0 Å². The lowest BCUT2D eigenvalue weighted by Gasteiger charge is -2.55. The monoisotopic (exact) mass is 250 g/mol. The Kier molecular flexibility index (Phi) is 3.84. The Balaban J connectivity index is 2.24. The zero-order valence-corrected chi connectivity index (χ0v) is 11.8. The number of carbonyl (C=O) groups excluding carboxylic acids is 1. The first-order valence-corrected chi connectivity index (χ1v) is 7.37. The fraction of sp³-hybridized carbons (Fsp3) is 0.812. The molecule has 2 rings (SSSR count). The fourth-order valence-corrected chi connectivity index (χ4v) is 4.38. The third kappa shape index (κ3) is 2.22. The highest BCUT2D eigenvalue weighted by molar-refractivity contribution is 5.81. The molecule has 0 radical (unpaired) electrons. The van der Waals surface area contributed by atoms with Crippen LogP contribution in [0.4, 0.5) is 0 Å². The van der Waals surface area contributed by atoms with E-state index in [-0.39, 0.29) is 17.0 Å². The number of esters is 1. The SMILES string of the molecule is C=CC(=O)OC(C)(C)[C@]12CCCC[C@H]1CCCC2. The Hall–Kier alpha value is -0.790. The summed E-state index contributed by atoms with van der Waals surface area (Å²) in [4.78, 5) is 11.6. The van der Waals surface area contributed by atoms with Crippen molar-refractivity contribution in [1.29, 1.82) is 0 Å². The summed E-state index contributed by atoms with van der Waals surface area (Å²) in [6, 6.07) is 0. The molecule has 2 nitrogen and oxygen atoms in total. The average Bonchev–Trinajstić information content (AvgIpc) is 2.38. The van der Waals surface area contributed by atoms with Crippen molar-refractivity contribution in [3.8, 4) is 0 Å². The van der Waals surface area contributed by atoms with Gasteiger partial charge < -0.3 is 4.74 Å². The van der Waals surface area contributed by atoms with Gasteiger partial charge in [0, 0.05) is 11.5 Å². The quantitative estimate of drug-likeness (QED) is 0.553. The van der Waals surface area contributed by atoms with Crippen molar-refractivity contribution in [1.82, 2.24) is 0 Å². The van der Waals surface area contributed by atoms with Gasteiger partial charge in [-0.2, -0.15) is 0 Å². The number of ether oxygens (including phenoxy) is 1. The van der Waals surface area contributed by atoms with Gasteiger partial charge in [-0.1, -0.05) is 32.3 Å². The summed E-state index contributed by atoms with van der Waals surface area (Å²) in [7, 11) is 0. The summed E-state index contributed by atoms with van der Waals surface area (Å²) < 4.78 is 5.73. The van der Waals surface area contributed by atoms with E-state index in [9.17, 15) is 4.79 Å². The molecule has 0 aromatic rings. The summed E-state index contributed by atoms with van der Waals surface area (Å²) in [6.45, 7) is 7.74. The number of hydrogen-bond acceptors (Lipinski definition) is 2. The Labute approximate surface area is 111 Å². The van der Waals surface area contributed by atoms with Crippen LogP contribution in [0.25, 0.3) is 0 Å². The smallest absolute Gasteiger partial charge is 0.330 e. The van der Waals surface area contributed by atoms with Crippen molar-refractivity contribution in [2.24, 2.45) is 11.3 Å². The van der Waals surface area contributed by atoms with Crippen molar-refractivity contribution in [3.63, 3.8) is 0 Å². The first kappa shape index (κ1) is 13.6. The van der Waals surface area contributed by atoms with E-state index in [1.807, 2.05) is 0 Å². The van der Waals surface area contributed by atoms with Crippen LogP contribution < -0.4 is 0 Å². The highest BCUT2D eigenvalue weighted by Crippen LogP contribution is 2.57. The molecule has 0 bridgehead atoms. The molecule has 18 heavy (non-hydrogen) atoms. The summed E-state index contributed by atoms with van der Waals surface area (Å²) in [5, 5.41) is 0. The summed E-state index contributed by atoms with van der Waals surface area (Å²) in [5.74, 6) is 0.469. The van der Waals surface area contributed by atoms with Crippen LogP contribution in [-0.2, 0) is 9.53 Å².